The maximum absolute atomic E-state index is 12.7. The lowest BCUT2D eigenvalue weighted by molar-refractivity contribution is -0.120. The normalized spacial score (nSPS) is 34.0. The molecule has 0 aromatic rings. The monoisotopic (exact) mass is 360 g/mol. The van der Waals surface area contributed by atoms with Gasteiger partial charge in [0.05, 0.1) is 6.17 Å². The summed E-state index contributed by atoms with van der Waals surface area (Å²) in [4.78, 5) is 17.4. The van der Waals surface area contributed by atoms with Gasteiger partial charge in [-0.2, -0.15) is 0 Å². The van der Waals surface area contributed by atoms with Gasteiger partial charge >= 0.3 is 0 Å². The second-order valence-electron chi connectivity index (χ2n) is 7.28. The van der Waals surface area contributed by atoms with E-state index in [1.807, 2.05) is 17.2 Å². The third kappa shape index (κ3) is 3.49. The van der Waals surface area contributed by atoms with Gasteiger partial charge in [-0.1, -0.05) is 12.2 Å². The first-order chi connectivity index (χ1) is 12.6. The molecular formula is C17H28N8O. The molecule has 4 heterocycles. The second kappa shape index (κ2) is 7.37. The van der Waals surface area contributed by atoms with Crippen LogP contribution in [0.4, 0.5) is 0 Å². The highest BCUT2D eigenvalue weighted by atomic mass is 16.2. The summed E-state index contributed by atoms with van der Waals surface area (Å²) in [5, 5.41) is 8.12. The van der Waals surface area contributed by atoms with Gasteiger partial charge in [0.2, 0.25) is 0 Å². The number of carbonyl (C=O) groups is 1. The predicted molar refractivity (Wildman–Crippen MR) is 98.8 cm³/mol. The van der Waals surface area contributed by atoms with Crippen molar-refractivity contribution in [1.29, 1.82) is 0 Å². The molecule has 1 amide bonds. The Labute approximate surface area is 154 Å². The second-order valence-corrected chi connectivity index (χ2v) is 7.28. The molecule has 26 heavy (non-hydrogen) atoms. The van der Waals surface area contributed by atoms with E-state index in [-0.39, 0.29) is 24.4 Å². The fraction of sp³-hybridized carbons (Fsp3) is 0.588. The van der Waals surface area contributed by atoms with Crippen molar-refractivity contribution in [3.05, 3.63) is 36.2 Å². The third-order valence-corrected chi connectivity index (χ3v) is 5.32. The predicted octanol–water partition coefficient (Wildman–Crippen LogP) is -1.80. The van der Waals surface area contributed by atoms with Gasteiger partial charge < -0.3 is 15.5 Å². The van der Waals surface area contributed by atoms with Crippen LogP contribution in [-0.4, -0.2) is 79.0 Å². The van der Waals surface area contributed by atoms with Crippen molar-refractivity contribution in [2.24, 2.45) is 0 Å². The summed E-state index contributed by atoms with van der Waals surface area (Å²) in [6, 6.07) is 0.578. The van der Waals surface area contributed by atoms with Crippen molar-refractivity contribution in [1.82, 2.24) is 41.7 Å². The molecule has 1 saturated heterocycles. The molecule has 9 heteroatoms. The molecule has 0 aliphatic carbocycles. The van der Waals surface area contributed by atoms with Gasteiger partial charge in [0.25, 0.3) is 5.91 Å². The van der Waals surface area contributed by atoms with Crippen LogP contribution in [0, 0.1) is 0 Å². The lowest BCUT2D eigenvalue weighted by Gasteiger charge is -2.38. The summed E-state index contributed by atoms with van der Waals surface area (Å²) in [6.07, 6.45) is 11.0. The molecule has 4 aliphatic heterocycles. The molecule has 1 fully saturated rings. The van der Waals surface area contributed by atoms with Gasteiger partial charge in [-0.3, -0.25) is 20.1 Å². The smallest absolute Gasteiger partial charge is 0.272 e. The van der Waals surface area contributed by atoms with Crippen molar-refractivity contribution < 1.29 is 4.79 Å². The Balaban J connectivity index is 1.38. The molecule has 4 atom stereocenters. The van der Waals surface area contributed by atoms with Gasteiger partial charge in [-0.05, 0) is 32.7 Å². The van der Waals surface area contributed by atoms with Gasteiger partial charge in [0.1, 0.15) is 18.0 Å². The van der Waals surface area contributed by atoms with Gasteiger partial charge in [0.15, 0.2) is 0 Å². The highest BCUT2D eigenvalue weighted by Crippen LogP contribution is 2.22. The van der Waals surface area contributed by atoms with Crippen LogP contribution in [0.5, 0.6) is 0 Å². The largest absolute Gasteiger partial charge is 0.365 e. The molecule has 5 N–H and O–H groups in total. The molecule has 3 unspecified atom stereocenters. The number of likely N-dealkylation sites (N-methyl/N-ethyl adjacent to an activating group) is 1. The first-order valence-electron chi connectivity index (χ1n) is 9.18. The highest BCUT2D eigenvalue weighted by Gasteiger charge is 2.36. The van der Waals surface area contributed by atoms with Crippen LogP contribution in [0.15, 0.2) is 36.2 Å². The minimum absolute atomic E-state index is 0.0350. The number of hydrazine groups is 2. The fourth-order valence-electron chi connectivity index (χ4n) is 3.75. The van der Waals surface area contributed by atoms with E-state index < -0.39 is 0 Å². The van der Waals surface area contributed by atoms with E-state index in [4.69, 9.17) is 0 Å². The first-order valence-corrected chi connectivity index (χ1v) is 9.18. The van der Waals surface area contributed by atoms with Crippen molar-refractivity contribution in [2.75, 3.05) is 33.7 Å². The lowest BCUT2D eigenvalue weighted by Crippen LogP contribution is -2.59. The number of fused-ring (bicyclic) bond motifs is 1. The molecule has 4 rings (SSSR count). The topological polar surface area (TPSA) is 86.9 Å². The summed E-state index contributed by atoms with van der Waals surface area (Å²) in [6.45, 7) is 2.82. The summed E-state index contributed by atoms with van der Waals surface area (Å²) in [7, 11) is 4.26. The van der Waals surface area contributed by atoms with Crippen LogP contribution in [0.3, 0.4) is 0 Å². The van der Waals surface area contributed by atoms with Crippen molar-refractivity contribution >= 4 is 5.91 Å². The molecule has 142 valence electrons. The average Bonchev–Trinajstić information content (AvgIpc) is 3.29. The zero-order valence-corrected chi connectivity index (χ0v) is 15.3. The molecule has 0 aromatic carbocycles. The van der Waals surface area contributed by atoms with Crippen LogP contribution in [0.1, 0.15) is 6.42 Å². The minimum atomic E-state index is -0.216. The van der Waals surface area contributed by atoms with Crippen molar-refractivity contribution in [3.63, 3.8) is 0 Å². The molecule has 0 bridgehead atoms. The summed E-state index contributed by atoms with van der Waals surface area (Å²) in [5.41, 5.74) is 10.1. The van der Waals surface area contributed by atoms with Crippen molar-refractivity contribution in [2.45, 2.75) is 31.0 Å². The number of hydrogen-bond acceptors (Lipinski definition) is 8. The van der Waals surface area contributed by atoms with E-state index >= 15 is 0 Å². The van der Waals surface area contributed by atoms with Crippen LogP contribution in [0.25, 0.3) is 0 Å². The average molecular weight is 360 g/mol. The van der Waals surface area contributed by atoms with Crippen LogP contribution in [-0.2, 0) is 4.79 Å². The Morgan fingerprint density at radius 3 is 2.85 bits per heavy atom. The third-order valence-electron chi connectivity index (χ3n) is 5.32. The zero-order valence-electron chi connectivity index (χ0n) is 15.3. The van der Waals surface area contributed by atoms with Crippen molar-refractivity contribution in [3.8, 4) is 0 Å². The van der Waals surface area contributed by atoms with E-state index in [9.17, 15) is 4.79 Å². The van der Waals surface area contributed by atoms with Gasteiger partial charge in [-0.25, -0.2) is 10.9 Å². The van der Waals surface area contributed by atoms with Gasteiger partial charge in [-0.15, -0.1) is 0 Å². The molecule has 0 radical (unpaired) electrons. The van der Waals surface area contributed by atoms with Crippen LogP contribution >= 0.6 is 0 Å². The van der Waals surface area contributed by atoms with E-state index in [0.717, 1.165) is 26.1 Å². The Morgan fingerprint density at radius 2 is 2.12 bits per heavy atom. The van der Waals surface area contributed by atoms with Crippen LogP contribution in [0.2, 0.25) is 0 Å². The fourth-order valence-corrected chi connectivity index (χ4v) is 3.75. The molecule has 0 spiro atoms. The number of nitrogens with zero attached hydrogens (tertiary/aromatic N) is 3. The Morgan fingerprint density at radius 1 is 1.27 bits per heavy atom. The maximum atomic E-state index is 12.7. The van der Waals surface area contributed by atoms with Crippen LogP contribution < -0.4 is 26.9 Å². The summed E-state index contributed by atoms with van der Waals surface area (Å²) >= 11 is 0. The number of rotatable bonds is 4. The number of likely N-dealkylation sites (tertiary alicyclic amines) is 1. The Hall–Kier alpha value is -1.91. The quantitative estimate of drug-likeness (QED) is 0.376. The van der Waals surface area contributed by atoms with E-state index in [1.165, 1.54) is 0 Å². The number of carbonyl (C=O) groups excluding carboxylic acids is 1. The standard InChI is InChI=1S/C17H28N8O/c1-23(2)12-7-9-24(11-12)16-6-5-15-18-10-13(25(15)22-16)17(26)20-14-4-3-8-19-21-14/h3-6,10,12,14-16,18-19,21-22H,7-9,11H2,1-2H3,(H,20,26)/t12-,14?,15?,16?/m0/s1. The molecule has 0 aromatic heterocycles. The summed E-state index contributed by atoms with van der Waals surface area (Å²) in [5.74, 6) is -0.125. The van der Waals surface area contributed by atoms with E-state index in [0.29, 0.717) is 11.7 Å². The van der Waals surface area contributed by atoms with E-state index in [1.54, 1.807) is 6.20 Å². The molecular weight excluding hydrogens is 332 g/mol. The minimum Gasteiger partial charge on any atom is -0.365 e. The SMILES string of the molecule is CN(C)[C@H]1CCN(C2C=CC3NC=C(C(=O)NC4C=CCNN4)N3N2)C1. The van der Waals surface area contributed by atoms with E-state index in [2.05, 4.69) is 63.0 Å². The Bertz CT molecular complexity index is 630. The first kappa shape index (κ1) is 17.5. The number of amides is 1. The maximum Gasteiger partial charge on any atom is 0.272 e. The number of nitrogens with one attached hydrogen (secondary N) is 5. The zero-order chi connectivity index (χ0) is 18.1. The molecule has 0 saturated carbocycles. The molecule has 4 aliphatic rings. The number of hydrogen-bond donors (Lipinski definition) is 5. The lowest BCUT2D eigenvalue weighted by atomic mass is 10.2. The van der Waals surface area contributed by atoms with Gasteiger partial charge in [0, 0.05) is 31.9 Å². The Kier molecular flexibility index (Phi) is 4.96. The molecule has 9 nitrogen and oxygen atoms in total. The summed E-state index contributed by atoms with van der Waals surface area (Å²) < 4.78 is 0. The highest BCUT2D eigenvalue weighted by molar-refractivity contribution is 5.93.